The lowest BCUT2D eigenvalue weighted by Gasteiger charge is -2.25. The summed E-state index contributed by atoms with van der Waals surface area (Å²) in [6.07, 6.45) is 0. The molecule has 0 heterocycles. The van der Waals surface area contributed by atoms with Crippen molar-refractivity contribution in [1.29, 1.82) is 0 Å². The summed E-state index contributed by atoms with van der Waals surface area (Å²) in [7, 11) is 0. The first-order valence-electron chi connectivity index (χ1n) is 17.9. The van der Waals surface area contributed by atoms with Crippen LogP contribution in [-0.4, -0.2) is 0 Å². The van der Waals surface area contributed by atoms with Gasteiger partial charge in [0.25, 0.3) is 0 Å². The monoisotopic (exact) mass is 648 g/mol. The Morgan fingerprint density at radius 2 is 0.804 bits per heavy atom. The molecule has 10 rings (SSSR count). The highest BCUT2D eigenvalue weighted by atomic mass is 14.4. The van der Waals surface area contributed by atoms with E-state index in [1.165, 1.54) is 99.1 Å². The molecule has 0 heteroatoms. The fraction of sp³-hybridized carbons (Fsp3) is 0.0588. The van der Waals surface area contributed by atoms with Gasteiger partial charge >= 0.3 is 0 Å². The molecular formula is C51H36. The molecule has 51 heavy (non-hydrogen) atoms. The van der Waals surface area contributed by atoms with Crippen molar-refractivity contribution in [3.05, 3.63) is 193 Å². The summed E-state index contributed by atoms with van der Waals surface area (Å²) in [6, 6.07) is 67.3. The van der Waals surface area contributed by atoms with Crippen LogP contribution >= 0.6 is 0 Å². The van der Waals surface area contributed by atoms with Crippen molar-refractivity contribution in [2.24, 2.45) is 0 Å². The summed E-state index contributed by atoms with van der Waals surface area (Å²) in [5, 5.41) is 7.66. The van der Waals surface area contributed by atoms with Crippen LogP contribution in [0.25, 0.3) is 88.0 Å². The highest BCUT2D eigenvalue weighted by Gasteiger charge is 2.37. The zero-order chi connectivity index (χ0) is 34.1. The van der Waals surface area contributed by atoms with Gasteiger partial charge in [-0.1, -0.05) is 178 Å². The average molecular weight is 649 g/mol. The standard InChI is InChI=1S/C51H36/c1-51(2)47-32-35-19-7-6-18-34(35)31-46(47)45-29-15-28-39(50(45)51)36-20-14-21-37(30-36)48-41-24-10-12-26-43(41)49(44-27-13-11-25-42(44)48)40-23-9-8-22-38(40)33-16-4-3-5-17-33/h3-32H,1-2H3. The molecule has 0 aromatic heterocycles. The lowest BCUT2D eigenvalue weighted by molar-refractivity contribution is 0.663. The van der Waals surface area contributed by atoms with Gasteiger partial charge in [-0.15, -0.1) is 0 Å². The molecule has 9 aromatic rings. The van der Waals surface area contributed by atoms with E-state index in [2.05, 4.69) is 196 Å². The van der Waals surface area contributed by atoms with Crippen molar-refractivity contribution in [1.82, 2.24) is 0 Å². The maximum atomic E-state index is 2.43. The van der Waals surface area contributed by atoms with Crippen LogP contribution in [0.1, 0.15) is 25.0 Å². The summed E-state index contributed by atoms with van der Waals surface area (Å²) in [6.45, 7) is 4.79. The summed E-state index contributed by atoms with van der Waals surface area (Å²) in [5.41, 5.74) is 15.5. The van der Waals surface area contributed by atoms with Crippen molar-refractivity contribution >= 4 is 32.3 Å². The molecule has 0 atom stereocenters. The third-order valence-electron chi connectivity index (χ3n) is 11.2. The number of rotatable bonds is 4. The fourth-order valence-corrected chi connectivity index (χ4v) is 8.95. The van der Waals surface area contributed by atoms with Gasteiger partial charge in [-0.05, 0) is 117 Å². The summed E-state index contributed by atoms with van der Waals surface area (Å²) in [4.78, 5) is 0. The second-order valence-corrected chi connectivity index (χ2v) is 14.4. The fourth-order valence-electron chi connectivity index (χ4n) is 8.95. The van der Waals surface area contributed by atoms with Gasteiger partial charge in [0.15, 0.2) is 0 Å². The quantitative estimate of drug-likeness (QED) is 0.167. The Kier molecular flexibility index (Phi) is 6.63. The first-order valence-corrected chi connectivity index (χ1v) is 17.9. The van der Waals surface area contributed by atoms with E-state index in [1.807, 2.05) is 0 Å². The zero-order valence-corrected chi connectivity index (χ0v) is 28.8. The number of hydrogen-bond donors (Lipinski definition) is 0. The topological polar surface area (TPSA) is 0 Å². The summed E-state index contributed by atoms with van der Waals surface area (Å²) >= 11 is 0. The van der Waals surface area contributed by atoms with Crippen LogP contribution in [0, 0.1) is 0 Å². The van der Waals surface area contributed by atoms with E-state index in [-0.39, 0.29) is 5.41 Å². The number of benzene rings is 9. The number of hydrogen-bond acceptors (Lipinski definition) is 0. The predicted octanol–water partition coefficient (Wildman–Crippen LogP) is 14.1. The van der Waals surface area contributed by atoms with E-state index in [0.29, 0.717) is 0 Å². The molecule has 0 unspecified atom stereocenters. The molecule has 0 saturated carbocycles. The normalized spacial score (nSPS) is 13.1. The van der Waals surface area contributed by atoms with Gasteiger partial charge in [0.05, 0.1) is 0 Å². The van der Waals surface area contributed by atoms with E-state index in [0.717, 1.165) is 0 Å². The van der Waals surface area contributed by atoms with Gasteiger partial charge in [0.1, 0.15) is 0 Å². The first kappa shape index (κ1) is 29.7. The Morgan fingerprint density at radius 3 is 1.51 bits per heavy atom. The van der Waals surface area contributed by atoms with Gasteiger partial charge in [-0.3, -0.25) is 0 Å². The average Bonchev–Trinajstić information content (AvgIpc) is 3.41. The molecule has 0 nitrogen and oxygen atoms in total. The van der Waals surface area contributed by atoms with Gasteiger partial charge in [0.2, 0.25) is 0 Å². The van der Waals surface area contributed by atoms with Gasteiger partial charge in [-0.25, -0.2) is 0 Å². The molecule has 9 aromatic carbocycles. The SMILES string of the molecule is CC1(C)c2cc3ccccc3cc2-c2cccc(-c3cccc(-c4c5ccccc5c(-c5ccccc5-c5ccccc5)c5ccccc45)c3)c21. The molecule has 0 saturated heterocycles. The minimum Gasteiger partial charge on any atom is -0.0622 e. The van der Waals surface area contributed by atoms with E-state index in [1.54, 1.807) is 0 Å². The Balaban J connectivity index is 1.20. The third kappa shape index (κ3) is 4.53. The summed E-state index contributed by atoms with van der Waals surface area (Å²) < 4.78 is 0. The highest BCUT2D eigenvalue weighted by Crippen LogP contribution is 2.54. The van der Waals surface area contributed by atoms with E-state index >= 15 is 0 Å². The van der Waals surface area contributed by atoms with Crippen LogP contribution in [0.3, 0.4) is 0 Å². The van der Waals surface area contributed by atoms with Gasteiger partial charge < -0.3 is 0 Å². The van der Waals surface area contributed by atoms with Gasteiger partial charge in [0, 0.05) is 5.41 Å². The van der Waals surface area contributed by atoms with Crippen molar-refractivity contribution in [3.63, 3.8) is 0 Å². The number of fused-ring (bicyclic) bond motifs is 6. The molecule has 0 radical (unpaired) electrons. The van der Waals surface area contributed by atoms with Crippen LogP contribution in [0.2, 0.25) is 0 Å². The van der Waals surface area contributed by atoms with Crippen LogP contribution in [0.4, 0.5) is 0 Å². The molecular weight excluding hydrogens is 613 g/mol. The first-order chi connectivity index (χ1) is 25.1. The lowest BCUT2D eigenvalue weighted by atomic mass is 9.78. The smallest absolute Gasteiger partial charge is 0.0165 e. The largest absolute Gasteiger partial charge is 0.0622 e. The second-order valence-electron chi connectivity index (χ2n) is 14.4. The molecule has 1 aliphatic rings. The van der Waals surface area contributed by atoms with Crippen LogP contribution in [-0.2, 0) is 5.41 Å². The van der Waals surface area contributed by atoms with Crippen LogP contribution in [0.5, 0.6) is 0 Å². The predicted molar refractivity (Wildman–Crippen MR) is 218 cm³/mol. The molecule has 0 aliphatic heterocycles. The maximum Gasteiger partial charge on any atom is 0.0165 e. The zero-order valence-electron chi connectivity index (χ0n) is 28.8. The van der Waals surface area contributed by atoms with Crippen molar-refractivity contribution in [2.75, 3.05) is 0 Å². The van der Waals surface area contributed by atoms with E-state index in [4.69, 9.17) is 0 Å². The Labute approximate surface area is 299 Å². The Bertz CT molecular complexity index is 2760. The van der Waals surface area contributed by atoms with Crippen molar-refractivity contribution in [3.8, 4) is 55.6 Å². The lowest BCUT2D eigenvalue weighted by Crippen LogP contribution is -2.16. The molecule has 0 fully saturated rings. The molecule has 0 bridgehead atoms. The maximum absolute atomic E-state index is 2.43. The highest BCUT2D eigenvalue weighted by molar-refractivity contribution is 6.22. The Morgan fingerprint density at radius 1 is 0.314 bits per heavy atom. The molecule has 0 amide bonds. The summed E-state index contributed by atoms with van der Waals surface area (Å²) in [5.74, 6) is 0. The minimum atomic E-state index is -0.130. The molecule has 0 spiro atoms. The van der Waals surface area contributed by atoms with Crippen LogP contribution in [0.15, 0.2) is 182 Å². The van der Waals surface area contributed by atoms with E-state index < -0.39 is 0 Å². The molecule has 240 valence electrons. The van der Waals surface area contributed by atoms with Crippen molar-refractivity contribution < 1.29 is 0 Å². The Hall–Kier alpha value is -6.24. The molecule has 1 aliphatic carbocycles. The van der Waals surface area contributed by atoms with Gasteiger partial charge in [-0.2, -0.15) is 0 Å². The molecule has 0 N–H and O–H groups in total. The van der Waals surface area contributed by atoms with E-state index in [9.17, 15) is 0 Å². The van der Waals surface area contributed by atoms with Crippen LogP contribution < -0.4 is 0 Å². The van der Waals surface area contributed by atoms with Crippen molar-refractivity contribution in [2.45, 2.75) is 19.3 Å². The minimum absolute atomic E-state index is 0.130. The second kappa shape index (κ2) is 11.4. The third-order valence-corrected chi connectivity index (χ3v) is 11.2.